The Morgan fingerprint density at radius 2 is 2.16 bits per heavy atom. The minimum Gasteiger partial charge on any atom is -0.381 e. The molecule has 2 aromatic heterocycles. The second-order valence-corrected chi connectivity index (χ2v) is 7.04. The smallest absolute Gasteiger partial charge is 0.220 e. The fraction of sp³-hybridized carbons (Fsp3) is 0.632. The first-order chi connectivity index (χ1) is 12.0. The van der Waals surface area contributed by atoms with Gasteiger partial charge in [0.1, 0.15) is 0 Å². The van der Waals surface area contributed by atoms with Crippen LogP contribution in [0.5, 0.6) is 0 Å². The molecule has 3 rings (SSSR count). The monoisotopic (exact) mass is 344 g/mol. The van der Waals surface area contributed by atoms with E-state index < -0.39 is 0 Å². The number of amides is 1. The molecular weight excluding hydrogens is 316 g/mol. The minimum absolute atomic E-state index is 0.0812. The van der Waals surface area contributed by atoms with Gasteiger partial charge in [-0.3, -0.25) is 4.79 Å². The van der Waals surface area contributed by atoms with Gasteiger partial charge in [0.05, 0.1) is 5.69 Å². The highest BCUT2D eigenvalue weighted by Crippen LogP contribution is 2.28. The second kappa shape index (κ2) is 7.95. The van der Waals surface area contributed by atoms with Gasteiger partial charge in [-0.25, -0.2) is 9.50 Å². The van der Waals surface area contributed by atoms with Crippen molar-refractivity contribution >= 4 is 11.6 Å². The van der Waals surface area contributed by atoms with E-state index in [4.69, 9.17) is 4.74 Å². The Balaban J connectivity index is 1.44. The van der Waals surface area contributed by atoms with E-state index in [-0.39, 0.29) is 5.91 Å². The highest BCUT2D eigenvalue weighted by molar-refractivity contribution is 5.76. The Morgan fingerprint density at radius 1 is 1.36 bits per heavy atom. The van der Waals surface area contributed by atoms with Gasteiger partial charge in [0.2, 0.25) is 5.91 Å². The topological polar surface area (TPSA) is 68.5 Å². The Bertz CT molecular complexity index is 749. The largest absolute Gasteiger partial charge is 0.381 e. The van der Waals surface area contributed by atoms with Crippen LogP contribution in [-0.2, 0) is 16.0 Å². The lowest BCUT2D eigenvalue weighted by Gasteiger charge is -2.11. The van der Waals surface area contributed by atoms with Crippen molar-refractivity contribution in [3.8, 4) is 0 Å². The summed E-state index contributed by atoms with van der Waals surface area (Å²) in [6, 6.07) is 1.97. The second-order valence-electron chi connectivity index (χ2n) is 7.04. The first-order valence-corrected chi connectivity index (χ1v) is 9.21. The quantitative estimate of drug-likeness (QED) is 0.710. The molecule has 0 saturated heterocycles. The zero-order chi connectivity index (χ0) is 17.8. The lowest BCUT2D eigenvalue weighted by Crippen LogP contribution is -2.25. The fourth-order valence-electron chi connectivity index (χ4n) is 3.07. The van der Waals surface area contributed by atoms with Crippen molar-refractivity contribution in [2.45, 2.75) is 52.9 Å². The molecule has 0 atom stereocenters. The summed E-state index contributed by atoms with van der Waals surface area (Å²) in [5.74, 6) is 0.878. The van der Waals surface area contributed by atoms with Gasteiger partial charge < -0.3 is 10.1 Å². The summed E-state index contributed by atoms with van der Waals surface area (Å²) >= 11 is 0. The van der Waals surface area contributed by atoms with E-state index >= 15 is 0 Å². The highest BCUT2D eigenvalue weighted by Gasteiger charge is 2.20. The lowest BCUT2D eigenvalue weighted by molar-refractivity contribution is -0.121. The number of nitrogens with one attached hydrogen (secondary N) is 1. The Labute approximate surface area is 149 Å². The van der Waals surface area contributed by atoms with E-state index in [1.165, 1.54) is 12.8 Å². The van der Waals surface area contributed by atoms with Crippen LogP contribution in [0.3, 0.4) is 0 Å². The number of hydrogen-bond donors (Lipinski definition) is 1. The van der Waals surface area contributed by atoms with Crippen LogP contribution in [0.1, 0.15) is 48.3 Å². The molecule has 0 bridgehead atoms. The van der Waals surface area contributed by atoms with Crippen molar-refractivity contribution in [3.63, 3.8) is 0 Å². The molecule has 0 spiro atoms. The van der Waals surface area contributed by atoms with Gasteiger partial charge in [-0.2, -0.15) is 5.10 Å². The maximum Gasteiger partial charge on any atom is 0.220 e. The molecule has 2 heterocycles. The molecule has 136 valence electrons. The summed E-state index contributed by atoms with van der Waals surface area (Å²) < 4.78 is 7.44. The van der Waals surface area contributed by atoms with Gasteiger partial charge in [0, 0.05) is 43.6 Å². The zero-order valence-electron chi connectivity index (χ0n) is 15.5. The van der Waals surface area contributed by atoms with Crippen LogP contribution in [0.25, 0.3) is 5.65 Å². The van der Waals surface area contributed by atoms with Crippen molar-refractivity contribution in [1.29, 1.82) is 0 Å². The minimum atomic E-state index is 0.0812. The van der Waals surface area contributed by atoms with E-state index in [1.807, 2.05) is 31.4 Å². The first-order valence-electron chi connectivity index (χ1n) is 9.21. The molecule has 1 aliphatic carbocycles. The third-order valence-electron chi connectivity index (χ3n) is 4.73. The van der Waals surface area contributed by atoms with E-state index in [0.29, 0.717) is 19.4 Å². The number of ether oxygens (including phenoxy) is 1. The molecule has 1 fully saturated rings. The number of nitrogens with zero attached hydrogens (tertiary/aromatic N) is 3. The summed E-state index contributed by atoms with van der Waals surface area (Å²) in [5.41, 5.74) is 4.97. The van der Waals surface area contributed by atoms with Crippen LogP contribution in [0.4, 0.5) is 0 Å². The van der Waals surface area contributed by atoms with E-state index in [1.54, 1.807) is 0 Å². The number of aryl methyl sites for hydroxylation is 3. The molecule has 1 aliphatic rings. The molecule has 1 saturated carbocycles. The predicted molar refractivity (Wildman–Crippen MR) is 96.7 cm³/mol. The number of fused-ring (bicyclic) bond motifs is 1. The summed E-state index contributed by atoms with van der Waals surface area (Å²) in [5, 5.41) is 7.45. The highest BCUT2D eigenvalue weighted by atomic mass is 16.5. The van der Waals surface area contributed by atoms with Crippen molar-refractivity contribution < 1.29 is 9.53 Å². The average molecular weight is 344 g/mol. The number of carbonyl (C=O) groups is 1. The molecule has 2 aromatic rings. The molecule has 0 unspecified atom stereocenters. The third-order valence-corrected chi connectivity index (χ3v) is 4.73. The first kappa shape index (κ1) is 17.9. The van der Waals surface area contributed by atoms with Crippen molar-refractivity contribution in [1.82, 2.24) is 19.9 Å². The van der Waals surface area contributed by atoms with Gasteiger partial charge in [0.25, 0.3) is 0 Å². The molecule has 0 aromatic carbocycles. The van der Waals surface area contributed by atoms with Crippen molar-refractivity contribution in [3.05, 3.63) is 28.7 Å². The molecule has 6 heteroatoms. The van der Waals surface area contributed by atoms with E-state index in [2.05, 4.69) is 15.4 Å². The van der Waals surface area contributed by atoms with E-state index in [0.717, 1.165) is 53.8 Å². The Kier molecular flexibility index (Phi) is 5.68. The van der Waals surface area contributed by atoms with Gasteiger partial charge in [-0.15, -0.1) is 0 Å². The standard InChI is InChI=1S/C19H28N4O2/c1-13-11-18-21-14(2)17(15(3)23(18)22-13)7-8-19(24)20-9-4-10-25-12-16-5-6-16/h11,16H,4-10,12H2,1-3H3,(H,20,24). The van der Waals surface area contributed by atoms with Crippen LogP contribution in [0, 0.1) is 26.7 Å². The number of hydrogen-bond acceptors (Lipinski definition) is 4. The van der Waals surface area contributed by atoms with Gasteiger partial charge >= 0.3 is 0 Å². The van der Waals surface area contributed by atoms with Gasteiger partial charge in [0.15, 0.2) is 5.65 Å². The lowest BCUT2D eigenvalue weighted by atomic mass is 10.1. The molecule has 1 amide bonds. The summed E-state index contributed by atoms with van der Waals surface area (Å²) in [4.78, 5) is 16.7. The maximum atomic E-state index is 12.1. The van der Waals surface area contributed by atoms with Crippen LogP contribution >= 0.6 is 0 Å². The van der Waals surface area contributed by atoms with Crippen LogP contribution in [-0.4, -0.2) is 40.3 Å². The van der Waals surface area contributed by atoms with Crippen LogP contribution in [0.2, 0.25) is 0 Å². The molecule has 0 aliphatic heterocycles. The number of carbonyl (C=O) groups excluding carboxylic acids is 1. The number of aromatic nitrogens is 3. The summed E-state index contributed by atoms with van der Waals surface area (Å²) in [6.45, 7) is 8.30. The zero-order valence-corrected chi connectivity index (χ0v) is 15.5. The predicted octanol–water partition coefficient (Wildman–Crippen LogP) is 2.52. The van der Waals surface area contributed by atoms with Crippen molar-refractivity contribution in [2.24, 2.45) is 5.92 Å². The van der Waals surface area contributed by atoms with Crippen molar-refractivity contribution in [2.75, 3.05) is 19.8 Å². The Morgan fingerprint density at radius 3 is 2.92 bits per heavy atom. The molecule has 6 nitrogen and oxygen atoms in total. The van der Waals surface area contributed by atoms with Crippen LogP contribution < -0.4 is 5.32 Å². The van der Waals surface area contributed by atoms with Gasteiger partial charge in [-0.05, 0) is 57.9 Å². The molecule has 0 radical (unpaired) electrons. The average Bonchev–Trinajstić information content (AvgIpc) is 3.31. The number of rotatable bonds is 9. The summed E-state index contributed by atoms with van der Waals surface area (Å²) in [6.07, 6.45) is 4.65. The molecule has 25 heavy (non-hydrogen) atoms. The van der Waals surface area contributed by atoms with E-state index in [9.17, 15) is 4.79 Å². The molecule has 1 N–H and O–H groups in total. The molecular formula is C19H28N4O2. The fourth-order valence-corrected chi connectivity index (χ4v) is 3.07. The third kappa shape index (κ3) is 4.78. The maximum absolute atomic E-state index is 12.1. The Hall–Kier alpha value is -1.95. The SMILES string of the molecule is Cc1cc2nc(C)c(CCC(=O)NCCCOCC3CC3)c(C)n2n1. The normalized spacial score (nSPS) is 14.2. The van der Waals surface area contributed by atoms with Gasteiger partial charge in [-0.1, -0.05) is 0 Å². The summed E-state index contributed by atoms with van der Waals surface area (Å²) in [7, 11) is 0. The van der Waals surface area contributed by atoms with Crippen LogP contribution in [0.15, 0.2) is 6.07 Å².